The quantitative estimate of drug-likeness (QED) is 0.608. The smallest absolute Gasteiger partial charge is 0.303 e. The zero-order chi connectivity index (χ0) is 16.6. The minimum atomic E-state index is -0.754. The Bertz CT molecular complexity index is 330. The van der Waals surface area contributed by atoms with Crippen LogP contribution in [0.4, 0.5) is 0 Å². The van der Waals surface area contributed by atoms with Gasteiger partial charge in [-0.05, 0) is 52.5 Å². The first-order valence-electron chi connectivity index (χ1n) is 7.80. The van der Waals surface area contributed by atoms with Crippen LogP contribution in [-0.4, -0.2) is 47.1 Å². The molecule has 1 amide bonds. The van der Waals surface area contributed by atoms with Crippen LogP contribution in [0.3, 0.4) is 0 Å². The summed E-state index contributed by atoms with van der Waals surface area (Å²) in [5, 5.41) is 11.9. The first-order valence-corrected chi connectivity index (χ1v) is 7.80. The number of carboxylic acid groups (broad SMARTS) is 1. The maximum absolute atomic E-state index is 12.2. The van der Waals surface area contributed by atoms with Gasteiger partial charge in [0.25, 0.3) is 0 Å². The number of hydrogen-bond donors (Lipinski definition) is 2. The predicted octanol–water partition coefficient (Wildman–Crippen LogP) is 2.50. The zero-order valence-corrected chi connectivity index (χ0v) is 14.4. The Morgan fingerprint density at radius 2 is 1.62 bits per heavy atom. The molecule has 0 aliphatic rings. The lowest BCUT2D eigenvalue weighted by atomic mass is 9.84. The number of nitrogens with zero attached hydrogens (tertiary/aromatic N) is 1. The van der Waals surface area contributed by atoms with Crippen LogP contribution in [0, 0.1) is 5.41 Å². The Hall–Kier alpha value is -1.10. The van der Waals surface area contributed by atoms with Crippen LogP contribution in [0.2, 0.25) is 0 Å². The van der Waals surface area contributed by atoms with E-state index in [9.17, 15) is 9.59 Å². The minimum absolute atomic E-state index is 0.0236. The summed E-state index contributed by atoms with van der Waals surface area (Å²) in [5.74, 6) is -0.640. The first-order chi connectivity index (χ1) is 9.57. The Labute approximate surface area is 129 Å². The SMILES string of the molecule is CC(C)N(C(=O)CNCCC(C)(C)CCC(=O)O)C(C)C. The van der Waals surface area contributed by atoms with Crippen molar-refractivity contribution in [3.05, 3.63) is 0 Å². The van der Waals surface area contributed by atoms with Crippen molar-refractivity contribution in [1.82, 2.24) is 10.2 Å². The van der Waals surface area contributed by atoms with E-state index in [0.717, 1.165) is 13.0 Å². The van der Waals surface area contributed by atoms with Crippen molar-refractivity contribution < 1.29 is 14.7 Å². The molecule has 0 aromatic heterocycles. The number of carbonyl (C=O) groups is 2. The average Bonchev–Trinajstić information content (AvgIpc) is 2.31. The molecular formula is C16H32N2O3. The molecule has 0 unspecified atom stereocenters. The molecule has 0 radical (unpaired) electrons. The lowest BCUT2D eigenvalue weighted by Gasteiger charge is -2.31. The molecule has 0 rings (SSSR count). The summed E-state index contributed by atoms with van der Waals surface area (Å²) >= 11 is 0. The number of rotatable bonds is 10. The normalized spacial score (nSPS) is 12.0. The standard InChI is InChI=1S/C16H32N2O3/c1-12(2)18(13(3)4)14(19)11-17-10-9-16(5,6)8-7-15(20)21/h12-13,17H,7-11H2,1-6H3,(H,20,21). The van der Waals surface area contributed by atoms with Crippen molar-refractivity contribution >= 4 is 11.9 Å². The van der Waals surface area contributed by atoms with Gasteiger partial charge in [-0.2, -0.15) is 0 Å². The highest BCUT2D eigenvalue weighted by Crippen LogP contribution is 2.25. The van der Waals surface area contributed by atoms with Gasteiger partial charge in [-0.3, -0.25) is 9.59 Å². The van der Waals surface area contributed by atoms with Gasteiger partial charge in [0.2, 0.25) is 5.91 Å². The molecule has 21 heavy (non-hydrogen) atoms. The van der Waals surface area contributed by atoms with Gasteiger partial charge in [0.05, 0.1) is 6.54 Å². The lowest BCUT2D eigenvalue weighted by Crippen LogP contribution is -2.46. The van der Waals surface area contributed by atoms with Crippen LogP contribution in [0.5, 0.6) is 0 Å². The van der Waals surface area contributed by atoms with Crippen molar-refractivity contribution in [2.24, 2.45) is 5.41 Å². The second-order valence-electron chi connectivity index (χ2n) is 6.97. The highest BCUT2D eigenvalue weighted by atomic mass is 16.4. The number of nitrogens with one attached hydrogen (secondary N) is 1. The predicted molar refractivity (Wildman–Crippen MR) is 85.3 cm³/mol. The lowest BCUT2D eigenvalue weighted by molar-refractivity contribution is -0.137. The van der Waals surface area contributed by atoms with E-state index in [0.29, 0.717) is 13.0 Å². The monoisotopic (exact) mass is 300 g/mol. The van der Waals surface area contributed by atoms with Crippen LogP contribution < -0.4 is 5.32 Å². The van der Waals surface area contributed by atoms with Crippen molar-refractivity contribution in [1.29, 1.82) is 0 Å². The number of amides is 1. The van der Waals surface area contributed by atoms with Crippen LogP contribution in [0.15, 0.2) is 0 Å². The molecule has 0 aromatic carbocycles. The molecule has 5 nitrogen and oxygen atoms in total. The van der Waals surface area contributed by atoms with Crippen molar-refractivity contribution in [3.8, 4) is 0 Å². The van der Waals surface area contributed by atoms with Gasteiger partial charge in [-0.25, -0.2) is 0 Å². The highest BCUT2D eigenvalue weighted by molar-refractivity contribution is 5.78. The number of aliphatic carboxylic acids is 1. The van der Waals surface area contributed by atoms with E-state index >= 15 is 0 Å². The Kier molecular flexibility index (Phi) is 8.55. The molecule has 0 bridgehead atoms. The van der Waals surface area contributed by atoms with E-state index in [1.54, 1.807) is 0 Å². The van der Waals surface area contributed by atoms with Gasteiger partial charge in [0.1, 0.15) is 0 Å². The zero-order valence-electron chi connectivity index (χ0n) is 14.4. The van der Waals surface area contributed by atoms with E-state index in [2.05, 4.69) is 19.2 Å². The van der Waals surface area contributed by atoms with E-state index < -0.39 is 5.97 Å². The number of hydrogen-bond acceptors (Lipinski definition) is 3. The summed E-state index contributed by atoms with van der Waals surface area (Å²) in [6.45, 7) is 13.3. The molecular weight excluding hydrogens is 268 g/mol. The number of carboxylic acids is 1. The highest BCUT2D eigenvalue weighted by Gasteiger charge is 2.21. The fraction of sp³-hybridized carbons (Fsp3) is 0.875. The molecule has 0 saturated heterocycles. The summed E-state index contributed by atoms with van der Waals surface area (Å²) in [6, 6.07) is 0.401. The van der Waals surface area contributed by atoms with Crippen LogP contribution >= 0.6 is 0 Å². The fourth-order valence-corrected chi connectivity index (χ4v) is 2.46. The topological polar surface area (TPSA) is 69.6 Å². The van der Waals surface area contributed by atoms with Gasteiger partial charge in [-0.1, -0.05) is 13.8 Å². The van der Waals surface area contributed by atoms with Gasteiger partial charge >= 0.3 is 5.97 Å². The molecule has 0 aliphatic carbocycles. The molecule has 0 aliphatic heterocycles. The first kappa shape index (κ1) is 19.9. The fourth-order valence-electron chi connectivity index (χ4n) is 2.46. The van der Waals surface area contributed by atoms with Crippen molar-refractivity contribution in [2.75, 3.05) is 13.1 Å². The van der Waals surface area contributed by atoms with E-state index in [-0.39, 0.29) is 29.8 Å². The second kappa shape index (κ2) is 9.03. The largest absolute Gasteiger partial charge is 0.481 e. The summed E-state index contributed by atoms with van der Waals surface area (Å²) in [4.78, 5) is 24.6. The molecule has 5 heteroatoms. The third-order valence-electron chi connectivity index (χ3n) is 3.67. The third-order valence-corrected chi connectivity index (χ3v) is 3.67. The van der Waals surface area contributed by atoms with Gasteiger partial charge < -0.3 is 15.3 Å². The maximum Gasteiger partial charge on any atom is 0.303 e. The molecule has 0 atom stereocenters. The third kappa shape index (κ3) is 8.71. The minimum Gasteiger partial charge on any atom is -0.481 e. The molecule has 124 valence electrons. The number of carbonyl (C=O) groups excluding carboxylic acids is 1. The molecule has 0 spiro atoms. The molecule has 0 fully saturated rings. The Balaban J connectivity index is 4.08. The van der Waals surface area contributed by atoms with Crippen molar-refractivity contribution in [3.63, 3.8) is 0 Å². The van der Waals surface area contributed by atoms with Crippen LogP contribution in [-0.2, 0) is 9.59 Å². The van der Waals surface area contributed by atoms with E-state index in [4.69, 9.17) is 5.11 Å². The van der Waals surface area contributed by atoms with E-state index in [1.807, 2.05) is 32.6 Å². The average molecular weight is 300 g/mol. The van der Waals surface area contributed by atoms with Gasteiger partial charge in [0.15, 0.2) is 0 Å². The molecule has 0 saturated carbocycles. The van der Waals surface area contributed by atoms with E-state index in [1.165, 1.54) is 0 Å². The maximum atomic E-state index is 12.2. The summed E-state index contributed by atoms with van der Waals surface area (Å²) in [5.41, 5.74) is -0.0236. The van der Waals surface area contributed by atoms with Gasteiger partial charge in [0, 0.05) is 18.5 Å². The van der Waals surface area contributed by atoms with Crippen LogP contribution in [0.25, 0.3) is 0 Å². The summed E-state index contributed by atoms with van der Waals surface area (Å²) in [7, 11) is 0. The van der Waals surface area contributed by atoms with Crippen LogP contribution in [0.1, 0.15) is 60.8 Å². The molecule has 0 heterocycles. The van der Waals surface area contributed by atoms with Gasteiger partial charge in [-0.15, -0.1) is 0 Å². The summed E-state index contributed by atoms with van der Waals surface area (Å²) in [6.07, 6.45) is 1.71. The Morgan fingerprint density at radius 3 is 2.05 bits per heavy atom. The molecule has 2 N–H and O–H groups in total. The van der Waals surface area contributed by atoms with Crippen molar-refractivity contribution in [2.45, 2.75) is 72.9 Å². The second-order valence-corrected chi connectivity index (χ2v) is 6.97. The molecule has 0 aromatic rings. The Morgan fingerprint density at radius 1 is 1.10 bits per heavy atom. The summed E-state index contributed by atoms with van der Waals surface area (Å²) < 4.78 is 0.